The molecule has 1 aliphatic heterocycles. The summed E-state index contributed by atoms with van der Waals surface area (Å²) in [7, 11) is 1.73. The predicted molar refractivity (Wildman–Crippen MR) is 85.5 cm³/mol. The fourth-order valence-electron chi connectivity index (χ4n) is 2.73. The molecule has 1 saturated heterocycles. The first kappa shape index (κ1) is 15.7. The second kappa shape index (κ2) is 8.60. The Labute approximate surface area is 126 Å². The maximum absolute atomic E-state index is 5.03. The van der Waals surface area contributed by atoms with Crippen LogP contribution in [0.3, 0.4) is 0 Å². The highest BCUT2D eigenvalue weighted by atomic mass is 32.1. The summed E-state index contributed by atoms with van der Waals surface area (Å²) in [6, 6.07) is 0. The summed E-state index contributed by atoms with van der Waals surface area (Å²) in [6.07, 6.45) is 7.38. The lowest BCUT2D eigenvalue weighted by atomic mass is 9.93. The van der Waals surface area contributed by atoms with Crippen molar-refractivity contribution in [1.82, 2.24) is 10.3 Å². The predicted octanol–water partition coefficient (Wildman–Crippen LogP) is 2.90. The fraction of sp³-hybridized carbons (Fsp3) is 0.800. The molecule has 1 aromatic rings. The fourth-order valence-corrected chi connectivity index (χ4v) is 3.66. The molecule has 20 heavy (non-hydrogen) atoms. The van der Waals surface area contributed by atoms with Gasteiger partial charge in [-0.1, -0.05) is 19.8 Å². The van der Waals surface area contributed by atoms with Crippen molar-refractivity contribution in [2.45, 2.75) is 39.2 Å². The van der Waals surface area contributed by atoms with Crippen LogP contribution in [0.25, 0.3) is 0 Å². The molecular formula is C15H27N3OS. The quantitative estimate of drug-likeness (QED) is 0.749. The Hall–Kier alpha value is -0.650. The van der Waals surface area contributed by atoms with Crippen LogP contribution < -0.4 is 10.2 Å². The first-order chi connectivity index (χ1) is 9.83. The van der Waals surface area contributed by atoms with Gasteiger partial charge < -0.3 is 15.0 Å². The van der Waals surface area contributed by atoms with Gasteiger partial charge in [0.2, 0.25) is 0 Å². The van der Waals surface area contributed by atoms with Crippen LogP contribution in [0.15, 0.2) is 6.20 Å². The molecule has 0 amide bonds. The largest absolute Gasteiger partial charge is 0.383 e. The van der Waals surface area contributed by atoms with Crippen molar-refractivity contribution in [3.8, 4) is 0 Å². The summed E-state index contributed by atoms with van der Waals surface area (Å²) < 4.78 is 5.03. The first-order valence-electron chi connectivity index (χ1n) is 7.72. The van der Waals surface area contributed by atoms with E-state index in [0.717, 1.165) is 25.6 Å². The van der Waals surface area contributed by atoms with Gasteiger partial charge in [0.1, 0.15) is 0 Å². The normalized spacial score (nSPS) is 16.8. The van der Waals surface area contributed by atoms with Crippen LogP contribution in [0.5, 0.6) is 0 Å². The summed E-state index contributed by atoms with van der Waals surface area (Å²) in [5, 5.41) is 4.57. The Kier molecular flexibility index (Phi) is 6.76. The summed E-state index contributed by atoms with van der Waals surface area (Å²) >= 11 is 1.82. The molecule has 0 atom stereocenters. The lowest BCUT2D eigenvalue weighted by Gasteiger charge is -2.31. The van der Waals surface area contributed by atoms with E-state index in [0.29, 0.717) is 0 Å². The third-order valence-electron chi connectivity index (χ3n) is 3.91. The van der Waals surface area contributed by atoms with Crippen LogP contribution in [0.2, 0.25) is 0 Å². The van der Waals surface area contributed by atoms with Gasteiger partial charge in [0, 0.05) is 44.4 Å². The standard InChI is InChI=1S/C15H27N3OS/c1-3-4-13-5-8-18(9-6-13)15-17-12-14(20-15)11-16-7-10-19-2/h12-13,16H,3-11H2,1-2H3. The number of methoxy groups -OCH3 is 1. The van der Waals surface area contributed by atoms with E-state index in [9.17, 15) is 0 Å². The van der Waals surface area contributed by atoms with Gasteiger partial charge in [0.05, 0.1) is 6.61 Å². The third-order valence-corrected chi connectivity index (χ3v) is 4.96. The molecule has 0 aromatic carbocycles. The zero-order chi connectivity index (χ0) is 14.2. The molecule has 2 heterocycles. The number of aromatic nitrogens is 1. The van der Waals surface area contributed by atoms with E-state index in [2.05, 4.69) is 22.1 Å². The summed E-state index contributed by atoms with van der Waals surface area (Å²) in [5.41, 5.74) is 0. The lowest BCUT2D eigenvalue weighted by molar-refractivity contribution is 0.199. The number of thiazole rings is 1. The number of nitrogens with one attached hydrogen (secondary N) is 1. The van der Waals surface area contributed by atoms with E-state index >= 15 is 0 Å². The highest BCUT2D eigenvalue weighted by molar-refractivity contribution is 7.15. The summed E-state index contributed by atoms with van der Waals surface area (Å²) in [4.78, 5) is 8.35. The Morgan fingerprint density at radius 3 is 2.95 bits per heavy atom. The van der Waals surface area contributed by atoms with Crippen molar-refractivity contribution < 1.29 is 4.74 Å². The number of hydrogen-bond acceptors (Lipinski definition) is 5. The van der Waals surface area contributed by atoms with Crippen LogP contribution in [0, 0.1) is 5.92 Å². The second-order valence-electron chi connectivity index (χ2n) is 5.50. The Morgan fingerprint density at radius 2 is 2.25 bits per heavy atom. The molecule has 0 radical (unpaired) electrons. The Bertz CT molecular complexity index is 375. The van der Waals surface area contributed by atoms with Crippen molar-refractivity contribution in [2.75, 3.05) is 38.3 Å². The molecule has 1 aromatic heterocycles. The van der Waals surface area contributed by atoms with Gasteiger partial charge in [-0.2, -0.15) is 0 Å². The van der Waals surface area contributed by atoms with Crippen molar-refractivity contribution >= 4 is 16.5 Å². The molecule has 1 aliphatic rings. The van der Waals surface area contributed by atoms with Gasteiger partial charge in [-0.15, -0.1) is 11.3 Å². The average Bonchev–Trinajstić information content (AvgIpc) is 2.94. The minimum absolute atomic E-state index is 0.761. The lowest BCUT2D eigenvalue weighted by Crippen LogP contribution is -2.33. The highest BCUT2D eigenvalue weighted by Gasteiger charge is 2.20. The minimum Gasteiger partial charge on any atom is -0.383 e. The number of piperidine rings is 1. The van der Waals surface area contributed by atoms with Crippen LogP contribution in [-0.4, -0.2) is 38.3 Å². The Balaban J connectivity index is 1.75. The molecule has 1 N–H and O–H groups in total. The topological polar surface area (TPSA) is 37.4 Å². The molecule has 2 rings (SSSR count). The molecule has 114 valence electrons. The maximum Gasteiger partial charge on any atom is 0.185 e. The van der Waals surface area contributed by atoms with Gasteiger partial charge in [0.15, 0.2) is 5.13 Å². The van der Waals surface area contributed by atoms with Crippen LogP contribution in [-0.2, 0) is 11.3 Å². The minimum atomic E-state index is 0.761. The van der Waals surface area contributed by atoms with Crippen molar-refractivity contribution in [3.05, 3.63) is 11.1 Å². The molecule has 0 spiro atoms. The first-order valence-corrected chi connectivity index (χ1v) is 8.54. The smallest absolute Gasteiger partial charge is 0.185 e. The molecular weight excluding hydrogens is 270 g/mol. The maximum atomic E-state index is 5.03. The molecule has 0 bridgehead atoms. The van der Waals surface area contributed by atoms with Crippen molar-refractivity contribution in [3.63, 3.8) is 0 Å². The molecule has 0 unspecified atom stereocenters. The summed E-state index contributed by atoms with van der Waals surface area (Å²) in [6.45, 7) is 7.19. The van der Waals surface area contributed by atoms with Crippen LogP contribution in [0.4, 0.5) is 5.13 Å². The van der Waals surface area contributed by atoms with Crippen molar-refractivity contribution in [1.29, 1.82) is 0 Å². The third kappa shape index (κ3) is 4.72. The summed E-state index contributed by atoms with van der Waals surface area (Å²) in [5.74, 6) is 0.936. The molecule has 0 saturated carbocycles. The van der Waals surface area contributed by atoms with Gasteiger partial charge >= 0.3 is 0 Å². The van der Waals surface area contributed by atoms with E-state index < -0.39 is 0 Å². The van der Waals surface area contributed by atoms with Gasteiger partial charge in [-0.05, 0) is 18.8 Å². The van der Waals surface area contributed by atoms with Gasteiger partial charge in [0.25, 0.3) is 0 Å². The van der Waals surface area contributed by atoms with Crippen molar-refractivity contribution in [2.24, 2.45) is 5.92 Å². The van der Waals surface area contributed by atoms with Crippen LogP contribution >= 0.6 is 11.3 Å². The van der Waals surface area contributed by atoms with E-state index in [4.69, 9.17) is 4.74 Å². The van der Waals surface area contributed by atoms with Crippen LogP contribution in [0.1, 0.15) is 37.5 Å². The molecule has 0 aliphatic carbocycles. The number of rotatable bonds is 8. The zero-order valence-corrected chi connectivity index (χ0v) is 13.5. The van der Waals surface area contributed by atoms with E-state index in [1.165, 1.54) is 48.8 Å². The second-order valence-corrected chi connectivity index (χ2v) is 6.59. The van der Waals surface area contributed by atoms with Gasteiger partial charge in [-0.3, -0.25) is 0 Å². The van der Waals surface area contributed by atoms with E-state index in [1.807, 2.05) is 17.5 Å². The molecule has 1 fully saturated rings. The van der Waals surface area contributed by atoms with E-state index in [1.54, 1.807) is 7.11 Å². The number of anilines is 1. The number of nitrogens with zero attached hydrogens (tertiary/aromatic N) is 2. The zero-order valence-electron chi connectivity index (χ0n) is 12.7. The Morgan fingerprint density at radius 1 is 1.45 bits per heavy atom. The van der Waals surface area contributed by atoms with E-state index in [-0.39, 0.29) is 0 Å². The highest BCUT2D eigenvalue weighted by Crippen LogP contribution is 2.28. The molecule has 5 heteroatoms. The SMILES string of the molecule is CCCC1CCN(c2ncc(CNCCOC)s2)CC1. The monoisotopic (exact) mass is 297 g/mol. The number of hydrogen-bond donors (Lipinski definition) is 1. The average molecular weight is 297 g/mol. The number of ether oxygens (including phenoxy) is 1. The molecule has 4 nitrogen and oxygen atoms in total. The van der Waals surface area contributed by atoms with Gasteiger partial charge in [-0.25, -0.2) is 4.98 Å².